The Balaban J connectivity index is 2.29. The normalized spacial score (nSPS) is 14.2. The minimum atomic E-state index is -0.273. The number of ether oxygens (including phenoxy) is 1. The molecule has 0 saturated carbocycles. The molecule has 0 aromatic rings. The number of hydrogen-bond donors (Lipinski definition) is 2. The van der Waals surface area contributed by atoms with E-state index >= 15 is 0 Å². The molecule has 2 N–H and O–H groups in total. The summed E-state index contributed by atoms with van der Waals surface area (Å²) in [6.07, 6.45) is 8.17. The molecule has 0 heterocycles. The summed E-state index contributed by atoms with van der Waals surface area (Å²) in [5, 5.41) is 11.8. The van der Waals surface area contributed by atoms with Crippen LogP contribution in [0.4, 0.5) is 4.79 Å². The van der Waals surface area contributed by atoms with Crippen molar-refractivity contribution in [2.45, 2.75) is 45.4 Å². The summed E-state index contributed by atoms with van der Waals surface area (Å²) in [4.78, 5) is 24.7. The summed E-state index contributed by atoms with van der Waals surface area (Å²) in [7, 11) is 0. The number of rotatable bonds is 9. The van der Waals surface area contributed by atoms with Crippen LogP contribution in [0.25, 0.3) is 0 Å². The number of amides is 2. The molecule has 1 aliphatic rings. The van der Waals surface area contributed by atoms with Gasteiger partial charge in [0.1, 0.15) is 6.61 Å². The Hall–Kier alpha value is -1.56. The highest BCUT2D eigenvalue weighted by Gasteiger charge is 2.14. The van der Waals surface area contributed by atoms with Crippen LogP contribution >= 0.6 is 0 Å². The summed E-state index contributed by atoms with van der Waals surface area (Å²) >= 11 is 0. The molecule has 22 heavy (non-hydrogen) atoms. The maximum atomic E-state index is 12.1. The summed E-state index contributed by atoms with van der Waals surface area (Å²) in [5.41, 5.74) is 1.40. The van der Waals surface area contributed by atoms with E-state index in [-0.39, 0.29) is 31.8 Å². The third-order valence-electron chi connectivity index (χ3n) is 3.68. The first kappa shape index (κ1) is 18.5. The molecule has 0 atom stereocenters. The van der Waals surface area contributed by atoms with Gasteiger partial charge in [0.25, 0.3) is 0 Å². The van der Waals surface area contributed by atoms with Crippen LogP contribution in [0.3, 0.4) is 0 Å². The number of urea groups is 1. The summed E-state index contributed by atoms with van der Waals surface area (Å²) in [5.74, 6) is -0.273. The molecule has 0 fully saturated rings. The van der Waals surface area contributed by atoms with Crippen molar-refractivity contribution in [3.05, 3.63) is 11.6 Å². The van der Waals surface area contributed by atoms with E-state index in [1.807, 2.05) is 0 Å². The van der Waals surface area contributed by atoms with Crippen LogP contribution in [0.15, 0.2) is 11.6 Å². The van der Waals surface area contributed by atoms with Crippen LogP contribution in [0, 0.1) is 0 Å². The summed E-state index contributed by atoms with van der Waals surface area (Å²) in [6, 6.07) is -0.224. The van der Waals surface area contributed by atoms with Crippen molar-refractivity contribution in [3.63, 3.8) is 0 Å². The highest BCUT2D eigenvalue weighted by molar-refractivity contribution is 5.74. The topological polar surface area (TPSA) is 78.9 Å². The van der Waals surface area contributed by atoms with E-state index in [9.17, 15) is 9.59 Å². The molecule has 0 radical (unpaired) electrons. The fourth-order valence-electron chi connectivity index (χ4n) is 2.38. The predicted octanol–water partition coefficient (Wildman–Crippen LogP) is 1.83. The number of nitrogens with one attached hydrogen (secondary N) is 1. The summed E-state index contributed by atoms with van der Waals surface area (Å²) < 4.78 is 4.91. The van der Waals surface area contributed by atoms with Crippen molar-refractivity contribution in [1.82, 2.24) is 10.2 Å². The molecule has 1 rings (SSSR count). The molecule has 0 aromatic heterocycles. The van der Waals surface area contributed by atoms with Crippen LogP contribution in [-0.4, -0.2) is 54.9 Å². The van der Waals surface area contributed by atoms with Crippen molar-refractivity contribution >= 4 is 12.0 Å². The van der Waals surface area contributed by atoms with Crippen molar-refractivity contribution in [2.24, 2.45) is 0 Å². The first-order chi connectivity index (χ1) is 10.7. The molecule has 0 saturated heterocycles. The predicted molar refractivity (Wildman–Crippen MR) is 84.5 cm³/mol. The lowest BCUT2D eigenvalue weighted by molar-refractivity contribution is -0.143. The minimum Gasteiger partial charge on any atom is -0.464 e. The van der Waals surface area contributed by atoms with E-state index in [0.29, 0.717) is 19.5 Å². The van der Waals surface area contributed by atoms with Gasteiger partial charge in [0.05, 0.1) is 13.2 Å². The minimum absolute atomic E-state index is 0.0582. The standard InChI is InChI=1S/C16H28N2O4/c1-2-15(20)22-13-9-17-16(21)18(11-12-19)10-8-14-6-4-3-5-7-14/h6,19H,2-5,7-13H2,1H3,(H,17,21). The maximum Gasteiger partial charge on any atom is 0.317 e. The van der Waals surface area contributed by atoms with E-state index in [1.165, 1.54) is 18.4 Å². The fraction of sp³-hybridized carbons (Fsp3) is 0.750. The largest absolute Gasteiger partial charge is 0.464 e. The van der Waals surface area contributed by atoms with Gasteiger partial charge in [-0.15, -0.1) is 0 Å². The quantitative estimate of drug-likeness (QED) is 0.387. The second-order valence-corrected chi connectivity index (χ2v) is 5.37. The maximum absolute atomic E-state index is 12.1. The molecule has 0 spiro atoms. The van der Waals surface area contributed by atoms with Crippen molar-refractivity contribution < 1.29 is 19.4 Å². The zero-order valence-corrected chi connectivity index (χ0v) is 13.5. The van der Waals surface area contributed by atoms with Gasteiger partial charge in [-0.05, 0) is 32.1 Å². The van der Waals surface area contributed by atoms with E-state index in [0.717, 1.165) is 19.3 Å². The number of esters is 1. The number of hydrogen-bond acceptors (Lipinski definition) is 4. The van der Waals surface area contributed by atoms with Crippen LogP contribution in [0.5, 0.6) is 0 Å². The Morgan fingerprint density at radius 1 is 1.36 bits per heavy atom. The summed E-state index contributed by atoms with van der Waals surface area (Å²) in [6.45, 7) is 3.05. The molecule has 0 aliphatic heterocycles. The Labute approximate surface area is 132 Å². The number of aliphatic hydroxyl groups is 1. The first-order valence-electron chi connectivity index (χ1n) is 8.14. The molecular formula is C16H28N2O4. The van der Waals surface area contributed by atoms with E-state index in [4.69, 9.17) is 9.84 Å². The fourth-order valence-corrected chi connectivity index (χ4v) is 2.38. The second-order valence-electron chi connectivity index (χ2n) is 5.37. The zero-order valence-electron chi connectivity index (χ0n) is 13.5. The lowest BCUT2D eigenvalue weighted by Crippen LogP contribution is -2.43. The smallest absolute Gasteiger partial charge is 0.317 e. The highest BCUT2D eigenvalue weighted by Crippen LogP contribution is 2.20. The molecule has 126 valence electrons. The van der Waals surface area contributed by atoms with Gasteiger partial charge >= 0.3 is 12.0 Å². The van der Waals surface area contributed by atoms with Gasteiger partial charge < -0.3 is 20.1 Å². The number of carbonyl (C=O) groups is 2. The number of nitrogens with zero attached hydrogens (tertiary/aromatic N) is 1. The number of allylic oxidation sites excluding steroid dienone is 1. The van der Waals surface area contributed by atoms with Gasteiger partial charge in [-0.25, -0.2) is 4.79 Å². The molecule has 2 amide bonds. The molecule has 1 aliphatic carbocycles. The molecule has 6 nitrogen and oxygen atoms in total. The first-order valence-corrected chi connectivity index (χ1v) is 8.14. The van der Waals surface area contributed by atoms with E-state index in [1.54, 1.807) is 11.8 Å². The van der Waals surface area contributed by atoms with E-state index < -0.39 is 0 Å². The van der Waals surface area contributed by atoms with Gasteiger partial charge in [0.2, 0.25) is 0 Å². The third kappa shape index (κ3) is 7.45. The molecule has 0 unspecified atom stereocenters. The van der Waals surface area contributed by atoms with Crippen LogP contribution in [0.1, 0.15) is 45.4 Å². The van der Waals surface area contributed by atoms with Gasteiger partial charge in [-0.1, -0.05) is 18.6 Å². The molecular weight excluding hydrogens is 284 g/mol. The van der Waals surface area contributed by atoms with Crippen LogP contribution < -0.4 is 5.32 Å². The van der Waals surface area contributed by atoms with Crippen LogP contribution in [0.2, 0.25) is 0 Å². The number of aliphatic hydroxyl groups excluding tert-OH is 1. The lowest BCUT2D eigenvalue weighted by atomic mass is 9.97. The van der Waals surface area contributed by atoms with Crippen molar-refractivity contribution in [3.8, 4) is 0 Å². The second kappa shape index (κ2) is 11.1. The monoisotopic (exact) mass is 312 g/mol. The number of carbonyl (C=O) groups excluding carboxylic acids is 2. The molecule has 6 heteroatoms. The van der Waals surface area contributed by atoms with Gasteiger partial charge in [-0.2, -0.15) is 0 Å². The SMILES string of the molecule is CCC(=O)OCCNC(=O)N(CCO)CCC1=CCCCC1. The lowest BCUT2D eigenvalue weighted by Gasteiger charge is -2.23. The Bertz CT molecular complexity index is 382. The van der Waals surface area contributed by atoms with Gasteiger partial charge in [0.15, 0.2) is 0 Å². The third-order valence-corrected chi connectivity index (χ3v) is 3.68. The average Bonchev–Trinajstić information content (AvgIpc) is 2.55. The molecule has 0 aromatic carbocycles. The Morgan fingerprint density at radius 3 is 2.82 bits per heavy atom. The Kier molecular flexibility index (Phi) is 9.30. The van der Waals surface area contributed by atoms with Gasteiger partial charge in [0, 0.05) is 19.5 Å². The van der Waals surface area contributed by atoms with Gasteiger partial charge in [-0.3, -0.25) is 4.79 Å². The average molecular weight is 312 g/mol. The highest BCUT2D eigenvalue weighted by atomic mass is 16.5. The Morgan fingerprint density at radius 2 is 2.18 bits per heavy atom. The zero-order chi connectivity index (χ0) is 16.2. The van der Waals surface area contributed by atoms with Crippen molar-refractivity contribution in [2.75, 3.05) is 32.8 Å². The molecule has 0 bridgehead atoms. The van der Waals surface area contributed by atoms with Crippen molar-refractivity contribution in [1.29, 1.82) is 0 Å². The van der Waals surface area contributed by atoms with E-state index in [2.05, 4.69) is 11.4 Å². The van der Waals surface area contributed by atoms with Crippen LogP contribution in [-0.2, 0) is 9.53 Å².